The third kappa shape index (κ3) is 5.35. The van der Waals surface area contributed by atoms with Crippen LogP contribution in [-0.2, 0) is 19.6 Å². The highest BCUT2D eigenvalue weighted by atomic mass is 32.2. The van der Waals surface area contributed by atoms with Crippen molar-refractivity contribution in [3.63, 3.8) is 0 Å². The molecule has 0 spiro atoms. The van der Waals surface area contributed by atoms with Gasteiger partial charge in [0.25, 0.3) is 0 Å². The van der Waals surface area contributed by atoms with Crippen molar-refractivity contribution in [3.8, 4) is 0 Å². The molecule has 2 aromatic carbocycles. The molecule has 2 N–H and O–H groups in total. The second-order valence-electron chi connectivity index (χ2n) is 7.28. The van der Waals surface area contributed by atoms with Crippen LogP contribution >= 0.6 is 0 Å². The van der Waals surface area contributed by atoms with Crippen LogP contribution in [0.3, 0.4) is 0 Å². The molecule has 1 saturated heterocycles. The summed E-state index contributed by atoms with van der Waals surface area (Å²) in [5.41, 5.74) is 3.54. The van der Waals surface area contributed by atoms with Gasteiger partial charge in [-0.3, -0.25) is 4.79 Å². The van der Waals surface area contributed by atoms with Crippen molar-refractivity contribution in [1.82, 2.24) is 4.31 Å². The molecular weight excluding hydrogens is 390 g/mol. The average molecular weight is 418 g/mol. The molecule has 0 aliphatic carbocycles. The molecule has 29 heavy (non-hydrogen) atoms. The van der Waals surface area contributed by atoms with Crippen molar-refractivity contribution in [1.29, 1.82) is 0 Å². The first-order chi connectivity index (χ1) is 13.8. The minimum absolute atomic E-state index is 0.159. The maximum Gasteiger partial charge on any atom is 0.246 e. The number of nitrogens with one attached hydrogen (secondary N) is 2. The van der Waals surface area contributed by atoms with Crippen LogP contribution in [0, 0.1) is 13.8 Å². The van der Waals surface area contributed by atoms with E-state index in [4.69, 9.17) is 4.74 Å². The van der Waals surface area contributed by atoms with Crippen LogP contribution in [0.25, 0.3) is 0 Å². The summed E-state index contributed by atoms with van der Waals surface area (Å²) in [6.45, 7) is 7.20. The lowest BCUT2D eigenvalue weighted by molar-refractivity contribution is -0.116. The van der Waals surface area contributed by atoms with E-state index in [9.17, 15) is 13.2 Å². The van der Waals surface area contributed by atoms with E-state index < -0.39 is 16.1 Å². The van der Waals surface area contributed by atoms with Crippen LogP contribution in [0.15, 0.2) is 47.4 Å². The third-order valence-electron chi connectivity index (χ3n) is 4.71. The summed E-state index contributed by atoms with van der Waals surface area (Å²) < 4.78 is 32.3. The summed E-state index contributed by atoms with van der Waals surface area (Å²) in [5.74, 6) is -0.245. The first-order valence-corrected chi connectivity index (χ1v) is 11.0. The van der Waals surface area contributed by atoms with Crippen LogP contribution in [0.2, 0.25) is 0 Å². The highest BCUT2D eigenvalue weighted by Gasteiger charge is 2.26. The number of morpholine rings is 1. The number of carbonyl (C=O) groups excluding carboxylic acids is 1. The van der Waals surface area contributed by atoms with Crippen LogP contribution in [-0.4, -0.2) is 51.0 Å². The molecule has 1 aliphatic rings. The van der Waals surface area contributed by atoms with Crippen molar-refractivity contribution in [3.05, 3.63) is 53.6 Å². The van der Waals surface area contributed by atoms with Gasteiger partial charge in [0.15, 0.2) is 0 Å². The number of anilines is 2. The summed E-state index contributed by atoms with van der Waals surface area (Å²) in [7, 11) is -3.61. The molecular formula is C21H27N3O4S. The molecule has 0 unspecified atom stereocenters. The molecule has 8 heteroatoms. The lowest BCUT2D eigenvalue weighted by atomic mass is 10.1. The Kier molecular flexibility index (Phi) is 6.56. The minimum Gasteiger partial charge on any atom is -0.379 e. The van der Waals surface area contributed by atoms with Crippen molar-refractivity contribution in [2.24, 2.45) is 0 Å². The van der Waals surface area contributed by atoms with Gasteiger partial charge in [0.2, 0.25) is 15.9 Å². The fourth-order valence-electron chi connectivity index (χ4n) is 3.29. The minimum atomic E-state index is -3.61. The van der Waals surface area contributed by atoms with E-state index >= 15 is 0 Å². The zero-order valence-corrected chi connectivity index (χ0v) is 17.8. The smallest absolute Gasteiger partial charge is 0.246 e. The Labute approximate surface area is 172 Å². The molecule has 1 amide bonds. The van der Waals surface area contributed by atoms with Gasteiger partial charge in [-0.1, -0.05) is 12.1 Å². The summed E-state index contributed by atoms with van der Waals surface area (Å²) in [6.07, 6.45) is 0. The lowest BCUT2D eigenvalue weighted by Gasteiger charge is -2.26. The van der Waals surface area contributed by atoms with E-state index in [1.54, 1.807) is 19.1 Å². The molecule has 7 nitrogen and oxygen atoms in total. The van der Waals surface area contributed by atoms with Crippen LogP contribution in [0.1, 0.15) is 18.1 Å². The van der Waals surface area contributed by atoms with E-state index in [-0.39, 0.29) is 10.8 Å². The van der Waals surface area contributed by atoms with Gasteiger partial charge in [-0.2, -0.15) is 4.31 Å². The van der Waals surface area contributed by atoms with Gasteiger partial charge in [0.05, 0.1) is 18.1 Å². The van der Waals surface area contributed by atoms with Crippen molar-refractivity contribution in [2.75, 3.05) is 36.9 Å². The maximum atomic E-state index is 12.8. The normalized spacial score (nSPS) is 16.2. The quantitative estimate of drug-likeness (QED) is 0.755. The monoisotopic (exact) mass is 417 g/mol. The topological polar surface area (TPSA) is 87.7 Å². The predicted molar refractivity (Wildman–Crippen MR) is 114 cm³/mol. The molecule has 2 aromatic rings. The molecule has 3 rings (SSSR count). The predicted octanol–water partition coefficient (Wildman–Crippen LogP) is 2.76. The number of rotatable bonds is 6. The number of carbonyl (C=O) groups is 1. The fraction of sp³-hybridized carbons (Fsp3) is 0.381. The van der Waals surface area contributed by atoms with Crippen LogP contribution in [0.4, 0.5) is 11.4 Å². The summed E-state index contributed by atoms with van der Waals surface area (Å²) in [4.78, 5) is 12.8. The summed E-state index contributed by atoms with van der Waals surface area (Å²) in [6, 6.07) is 11.9. The number of hydrogen-bond acceptors (Lipinski definition) is 5. The zero-order chi connectivity index (χ0) is 21.0. The van der Waals surface area contributed by atoms with Crippen LogP contribution < -0.4 is 10.6 Å². The molecule has 0 bridgehead atoms. The SMILES string of the molecule is Cc1cc(C)cc(N[C@@H](C)C(=O)Nc2cccc(S(=O)(=O)N3CCOCC3)c2)c1. The number of sulfonamides is 1. The Hall–Kier alpha value is -2.42. The zero-order valence-electron chi connectivity index (χ0n) is 16.9. The van der Waals surface area contributed by atoms with E-state index in [1.807, 2.05) is 26.0 Å². The fourth-order valence-corrected chi connectivity index (χ4v) is 4.75. The molecule has 1 atom stereocenters. The largest absolute Gasteiger partial charge is 0.379 e. The van der Waals surface area contributed by atoms with Gasteiger partial charge >= 0.3 is 0 Å². The third-order valence-corrected chi connectivity index (χ3v) is 6.60. The summed E-state index contributed by atoms with van der Waals surface area (Å²) >= 11 is 0. The lowest BCUT2D eigenvalue weighted by Crippen LogP contribution is -2.40. The summed E-state index contributed by atoms with van der Waals surface area (Å²) in [5, 5.41) is 5.99. The van der Waals surface area contributed by atoms with E-state index in [1.165, 1.54) is 16.4 Å². The Bertz CT molecular complexity index is 965. The van der Waals surface area contributed by atoms with Crippen LogP contribution in [0.5, 0.6) is 0 Å². The Balaban J connectivity index is 1.69. The Morgan fingerprint density at radius 1 is 1.03 bits per heavy atom. The first-order valence-electron chi connectivity index (χ1n) is 9.59. The first kappa shape index (κ1) is 21.3. The molecule has 1 aliphatic heterocycles. The number of aryl methyl sites for hydroxylation is 2. The van der Waals surface area contributed by atoms with E-state index in [2.05, 4.69) is 16.7 Å². The van der Waals surface area contributed by atoms with E-state index in [0.717, 1.165) is 16.8 Å². The second kappa shape index (κ2) is 8.94. The van der Waals surface area contributed by atoms with Gasteiger partial charge < -0.3 is 15.4 Å². The molecule has 0 saturated carbocycles. The highest BCUT2D eigenvalue weighted by molar-refractivity contribution is 7.89. The number of nitrogens with zero attached hydrogens (tertiary/aromatic N) is 1. The standard InChI is InChI=1S/C21H27N3O4S/c1-15-11-16(2)13-19(12-15)22-17(3)21(25)23-18-5-4-6-20(14-18)29(26,27)24-7-9-28-10-8-24/h4-6,11-14,17,22H,7-10H2,1-3H3,(H,23,25)/t17-/m0/s1. The van der Waals surface area contributed by atoms with E-state index in [0.29, 0.717) is 32.0 Å². The number of benzene rings is 2. The Morgan fingerprint density at radius 3 is 2.34 bits per heavy atom. The molecule has 1 heterocycles. The van der Waals surface area contributed by atoms with Gasteiger partial charge in [-0.25, -0.2) is 8.42 Å². The number of ether oxygens (including phenoxy) is 1. The highest BCUT2D eigenvalue weighted by Crippen LogP contribution is 2.21. The van der Waals surface area contributed by atoms with Gasteiger partial charge in [-0.15, -0.1) is 0 Å². The molecule has 1 fully saturated rings. The second-order valence-corrected chi connectivity index (χ2v) is 9.21. The van der Waals surface area contributed by atoms with Crippen molar-refractivity contribution in [2.45, 2.75) is 31.7 Å². The van der Waals surface area contributed by atoms with Gasteiger partial charge in [0.1, 0.15) is 6.04 Å². The Morgan fingerprint density at radius 2 is 1.69 bits per heavy atom. The van der Waals surface area contributed by atoms with Gasteiger partial charge in [-0.05, 0) is 62.2 Å². The average Bonchev–Trinajstić information content (AvgIpc) is 2.68. The number of hydrogen-bond donors (Lipinski definition) is 2. The van der Waals surface area contributed by atoms with Crippen molar-refractivity contribution < 1.29 is 17.9 Å². The van der Waals surface area contributed by atoms with Crippen molar-refractivity contribution >= 4 is 27.3 Å². The maximum absolute atomic E-state index is 12.8. The van der Waals surface area contributed by atoms with Gasteiger partial charge in [0, 0.05) is 24.5 Å². The molecule has 0 aromatic heterocycles. The molecule has 156 valence electrons. The molecule has 0 radical (unpaired) electrons. The number of amides is 1.